The van der Waals surface area contributed by atoms with Gasteiger partial charge in [-0.1, -0.05) is 74.7 Å². The second-order valence-corrected chi connectivity index (χ2v) is 7.42. The average Bonchev–Trinajstić information content (AvgIpc) is 2.99. The van der Waals surface area contributed by atoms with Crippen molar-refractivity contribution in [2.75, 3.05) is 6.61 Å². The van der Waals surface area contributed by atoms with Crippen LogP contribution in [0.5, 0.6) is 0 Å². The molecule has 27 heavy (non-hydrogen) atoms. The van der Waals surface area contributed by atoms with Crippen LogP contribution in [0.25, 0.3) is 11.1 Å². The van der Waals surface area contributed by atoms with E-state index < -0.39 is 0 Å². The summed E-state index contributed by atoms with van der Waals surface area (Å²) in [6.45, 7) is 4.04. The number of fused-ring (bicyclic) bond motifs is 3. The van der Waals surface area contributed by atoms with Crippen LogP contribution in [0, 0.1) is 5.92 Å². The summed E-state index contributed by atoms with van der Waals surface area (Å²) in [6, 6.07) is 16.6. The van der Waals surface area contributed by atoms with E-state index in [1.807, 2.05) is 24.3 Å². The summed E-state index contributed by atoms with van der Waals surface area (Å²) in [4.78, 5) is 24.3. The molecule has 0 aromatic heterocycles. The Balaban J connectivity index is 1.64. The summed E-state index contributed by atoms with van der Waals surface area (Å²) < 4.78 is 5.64. The van der Waals surface area contributed by atoms with Gasteiger partial charge in [-0.15, -0.1) is 0 Å². The SMILES string of the molecule is CCCCCC(CC(=O)OCC1c2ccccc2-c2ccccc21)C(C)=O. The van der Waals surface area contributed by atoms with Crippen LogP contribution in [0.2, 0.25) is 0 Å². The number of Topliss-reactive ketones (excluding diaryl/α,β-unsaturated/α-hetero) is 1. The Labute approximate surface area is 161 Å². The minimum absolute atomic E-state index is 0.0669. The fourth-order valence-corrected chi connectivity index (χ4v) is 3.97. The summed E-state index contributed by atoms with van der Waals surface area (Å²) in [7, 11) is 0. The van der Waals surface area contributed by atoms with Gasteiger partial charge in [0.05, 0.1) is 6.42 Å². The van der Waals surface area contributed by atoms with Gasteiger partial charge in [-0.2, -0.15) is 0 Å². The highest BCUT2D eigenvalue weighted by molar-refractivity contribution is 5.83. The first-order valence-corrected chi connectivity index (χ1v) is 9.96. The van der Waals surface area contributed by atoms with Crippen LogP contribution in [0.4, 0.5) is 0 Å². The van der Waals surface area contributed by atoms with Gasteiger partial charge in [0.25, 0.3) is 0 Å². The summed E-state index contributed by atoms with van der Waals surface area (Å²) >= 11 is 0. The zero-order chi connectivity index (χ0) is 19.2. The van der Waals surface area contributed by atoms with Crippen molar-refractivity contribution >= 4 is 11.8 Å². The molecule has 2 aromatic rings. The van der Waals surface area contributed by atoms with Crippen molar-refractivity contribution in [1.29, 1.82) is 0 Å². The molecular formula is C24H28O3. The maximum absolute atomic E-state index is 12.4. The van der Waals surface area contributed by atoms with E-state index in [1.165, 1.54) is 22.3 Å². The predicted molar refractivity (Wildman–Crippen MR) is 108 cm³/mol. The van der Waals surface area contributed by atoms with Crippen LogP contribution < -0.4 is 0 Å². The highest BCUT2D eigenvalue weighted by atomic mass is 16.5. The maximum atomic E-state index is 12.4. The van der Waals surface area contributed by atoms with E-state index >= 15 is 0 Å². The zero-order valence-electron chi connectivity index (χ0n) is 16.2. The molecule has 1 aliphatic carbocycles. The lowest BCUT2D eigenvalue weighted by atomic mass is 9.94. The molecule has 0 spiro atoms. The molecule has 0 heterocycles. The summed E-state index contributed by atoms with van der Waals surface area (Å²) in [5.74, 6) is -0.336. The molecule has 3 heteroatoms. The van der Waals surface area contributed by atoms with E-state index in [2.05, 4.69) is 31.2 Å². The van der Waals surface area contributed by atoms with Gasteiger partial charge in [0.15, 0.2) is 0 Å². The highest BCUT2D eigenvalue weighted by Crippen LogP contribution is 2.44. The molecule has 1 atom stereocenters. The number of ether oxygens (including phenoxy) is 1. The van der Waals surface area contributed by atoms with Crippen LogP contribution in [0.1, 0.15) is 63.0 Å². The number of hydrogen-bond donors (Lipinski definition) is 0. The van der Waals surface area contributed by atoms with Crippen LogP contribution in [-0.4, -0.2) is 18.4 Å². The Morgan fingerprint density at radius 3 is 2.11 bits per heavy atom. The molecule has 0 bridgehead atoms. The smallest absolute Gasteiger partial charge is 0.306 e. The first-order valence-electron chi connectivity index (χ1n) is 9.96. The molecule has 1 aliphatic rings. The second-order valence-electron chi connectivity index (χ2n) is 7.42. The van der Waals surface area contributed by atoms with Crippen LogP contribution in [-0.2, 0) is 14.3 Å². The molecule has 0 saturated heterocycles. The summed E-state index contributed by atoms with van der Waals surface area (Å²) in [6.07, 6.45) is 4.14. The molecule has 0 saturated carbocycles. The molecule has 0 aliphatic heterocycles. The van der Waals surface area contributed by atoms with Gasteiger partial charge >= 0.3 is 5.97 Å². The Bertz CT molecular complexity index is 763. The van der Waals surface area contributed by atoms with E-state index in [-0.39, 0.29) is 30.0 Å². The number of unbranched alkanes of at least 4 members (excludes halogenated alkanes) is 2. The second kappa shape index (κ2) is 8.98. The molecule has 1 unspecified atom stereocenters. The maximum Gasteiger partial charge on any atom is 0.306 e. The minimum atomic E-state index is -0.270. The number of rotatable bonds is 9. The van der Waals surface area contributed by atoms with E-state index in [4.69, 9.17) is 4.74 Å². The fraction of sp³-hybridized carbons (Fsp3) is 0.417. The number of carbonyl (C=O) groups excluding carboxylic acids is 2. The molecule has 0 fully saturated rings. The Kier molecular flexibility index (Phi) is 6.44. The van der Waals surface area contributed by atoms with Crippen molar-refractivity contribution < 1.29 is 14.3 Å². The molecule has 0 amide bonds. The number of benzene rings is 2. The van der Waals surface area contributed by atoms with E-state index in [1.54, 1.807) is 6.92 Å². The van der Waals surface area contributed by atoms with Crippen molar-refractivity contribution in [3.05, 3.63) is 59.7 Å². The van der Waals surface area contributed by atoms with Crippen LogP contribution in [0.3, 0.4) is 0 Å². The Hall–Kier alpha value is -2.42. The van der Waals surface area contributed by atoms with Crippen molar-refractivity contribution in [2.24, 2.45) is 5.92 Å². The number of carbonyl (C=O) groups is 2. The van der Waals surface area contributed by atoms with E-state index in [0.717, 1.165) is 25.7 Å². The molecule has 3 nitrogen and oxygen atoms in total. The fourth-order valence-electron chi connectivity index (χ4n) is 3.97. The van der Waals surface area contributed by atoms with Gasteiger partial charge in [-0.05, 0) is 35.6 Å². The van der Waals surface area contributed by atoms with Gasteiger partial charge in [0.2, 0.25) is 0 Å². The van der Waals surface area contributed by atoms with Crippen molar-refractivity contribution in [2.45, 2.75) is 51.9 Å². The quantitative estimate of drug-likeness (QED) is 0.435. The molecule has 142 valence electrons. The lowest BCUT2D eigenvalue weighted by Crippen LogP contribution is -2.19. The van der Waals surface area contributed by atoms with E-state index in [9.17, 15) is 9.59 Å². The third-order valence-corrected chi connectivity index (χ3v) is 5.52. The standard InChI is InChI=1S/C24H28O3/c1-3-4-5-10-18(17(2)25)15-24(26)27-16-23-21-13-8-6-11-19(21)20-12-7-9-14-22(20)23/h6-9,11-14,18,23H,3-5,10,15-16H2,1-2H3. The third-order valence-electron chi connectivity index (χ3n) is 5.52. The number of ketones is 1. The largest absolute Gasteiger partial charge is 0.465 e. The average molecular weight is 364 g/mol. The van der Waals surface area contributed by atoms with Crippen molar-refractivity contribution in [3.63, 3.8) is 0 Å². The lowest BCUT2D eigenvalue weighted by Gasteiger charge is -2.16. The van der Waals surface area contributed by atoms with Gasteiger partial charge in [0.1, 0.15) is 12.4 Å². The molecule has 0 N–H and O–H groups in total. The van der Waals surface area contributed by atoms with Crippen molar-refractivity contribution in [1.82, 2.24) is 0 Å². The molecule has 0 radical (unpaired) electrons. The topological polar surface area (TPSA) is 43.4 Å². The Morgan fingerprint density at radius 1 is 0.963 bits per heavy atom. The normalized spacial score (nSPS) is 13.7. The highest BCUT2D eigenvalue weighted by Gasteiger charge is 2.29. The van der Waals surface area contributed by atoms with Gasteiger partial charge in [-0.25, -0.2) is 0 Å². The number of esters is 1. The monoisotopic (exact) mass is 364 g/mol. The molecular weight excluding hydrogens is 336 g/mol. The molecule has 2 aromatic carbocycles. The van der Waals surface area contributed by atoms with Gasteiger partial charge in [0, 0.05) is 11.8 Å². The Morgan fingerprint density at radius 2 is 1.56 bits per heavy atom. The first kappa shape index (κ1) is 19.3. The third kappa shape index (κ3) is 4.47. The van der Waals surface area contributed by atoms with Crippen LogP contribution >= 0.6 is 0 Å². The minimum Gasteiger partial charge on any atom is -0.465 e. The lowest BCUT2D eigenvalue weighted by molar-refractivity contribution is -0.146. The van der Waals surface area contributed by atoms with Crippen LogP contribution in [0.15, 0.2) is 48.5 Å². The van der Waals surface area contributed by atoms with E-state index in [0.29, 0.717) is 6.61 Å². The number of hydrogen-bond acceptors (Lipinski definition) is 3. The van der Waals surface area contributed by atoms with Crippen molar-refractivity contribution in [3.8, 4) is 11.1 Å². The summed E-state index contributed by atoms with van der Waals surface area (Å²) in [5, 5.41) is 0. The van der Waals surface area contributed by atoms with Gasteiger partial charge in [-0.3, -0.25) is 9.59 Å². The predicted octanol–water partition coefficient (Wildman–Crippen LogP) is 5.52. The van der Waals surface area contributed by atoms with Gasteiger partial charge < -0.3 is 4.74 Å². The summed E-state index contributed by atoms with van der Waals surface area (Å²) in [5.41, 5.74) is 4.85. The first-order chi connectivity index (χ1) is 13.1. The molecule has 3 rings (SSSR count). The zero-order valence-corrected chi connectivity index (χ0v) is 16.2.